The summed E-state index contributed by atoms with van der Waals surface area (Å²) in [6.07, 6.45) is -3.64. The molecule has 0 spiro atoms. The number of nitro groups is 3. The highest BCUT2D eigenvalue weighted by Gasteiger charge is 2.43. The van der Waals surface area contributed by atoms with Crippen LogP contribution in [0, 0.1) is 30.3 Å². The number of hydrogen-bond acceptors (Lipinski definition) is 20. The lowest BCUT2D eigenvalue weighted by Crippen LogP contribution is -2.29. The summed E-state index contributed by atoms with van der Waals surface area (Å²) in [5, 5.41) is 48.4. The first-order valence-electron chi connectivity index (χ1n) is 19.2. The molecule has 6 N–H and O–H groups in total. The molecule has 0 bridgehead atoms. The van der Waals surface area contributed by atoms with Crippen molar-refractivity contribution in [1.29, 1.82) is 0 Å². The van der Waals surface area contributed by atoms with E-state index in [-0.39, 0.29) is 68.8 Å². The zero-order valence-electron chi connectivity index (χ0n) is 34.7. The van der Waals surface area contributed by atoms with Crippen LogP contribution in [0.1, 0.15) is 39.7 Å². The van der Waals surface area contributed by atoms with E-state index >= 15 is 0 Å². The number of rotatable bonds is 22. The minimum atomic E-state index is -5.84. The van der Waals surface area contributed by atoms with Gasteiger partial charge in [-0.25, -0.2) is 18.5 Å². The smallest absolute Gasteiger partial charge is 0.485 e. The van der Waals surface area contributed by atoms with Gasteiger partial charge in [-0.3, -0.25) is 44.2 Å². The Morgan fingerprint density at radius 1 is 0.739 bits per heavy atom. The van der Waals surface area contributed by atoms with E-state index in [1.807, 2.05) is 0 Å². The third-order valence-corrected chi connectivity index (χ3v) is 13.2. The second-order valence-corrected chi connectivity index (χ2v) is 18.5. The summed E-state index contributed by atoms with van der Waals surface area (Å²) in [5.74, 6) is -2.26. The fraction of sp³-hybridized carbons (Fsp3) is 0.216. The number of aliphatic hydroxyl groups excluding tert-OH is 1. The Kier molecular flexibility index (Phi) is 16.2. The fourth-order valence-electron chi connectivity index (χ4n) is 6.36. The zero-order chi connectivity index (χ0) is 50.3. The molecule has 366 valence electrons. The molecule has 5 aromatic rings. The molecule has 0 radical (unpaired) electrons. The largest absolute Gasteiger partial charge is 0.490 e. The van der Waals surface area contributed by atoms with Crippen molar-refractivity contribution >= 4 is 52.3 Å². The molecule has 5 atom stereocenters. The van der Waals surface area contributed by atoms with Gasteiger partial charge in [0.15, 0.2) is 11.5 Å². The van der Waals surface area contributed by atoms with Crippen molar-refractivity contribution in [2.75, 3.05) is 11.9 Å². The van der Waals surface area contributed by atoms with Gasteiger partial charge in [-0.05, 0) is 36.4 Å². The number of carbonyl (C=O) groups excluding carboxylic acids is 1. The second kappa shape index (κ2) is 21.6. The minimum Gasteiger partial charge on any atom is -0.485 e. The number of nitro benzene ring substituents is 3. The molecule has 2 heterocycles. The van der Waals surface area contributed by atoms with Gasteiger partial charge in [0, 0.05) is 36.4 Å². The van der Waals surface area contributed by atoms with Crippen LogP contribution in [0.3, 0.4) is 0 Å². The third-order valence-electron chi connectivity index (χ3n) is 9.39. The number of nitrogens with one attached hydrogen (secondary N) is 1. The third kappa shape index (κ3) is 13.9. The Morgan fingerprint density at radius 3 is 1.68 bits per heavy atom. The van der Waals surface area contributed by atoms with E-state index in [1.54, 1.807) is 0 Å². The molecule has 1 aliphatic heterocycles. The maximum absolute atomic E-state index is 13.9. The predicted molar refractivity (Wildman–Crippen MR) is 230 cm³/mol. The molecule has 0 aliphatic carbocycles. The van der Waals surface area contributed by atoms with Crippen molar-refractivity contribution < 1.29 is 90.0 Å². The molecule has 1 aromatic heterocycles. The molecule has 1 fully saturated rings. The standard InChI is InChI=1S/C37H35N6O23P3/c44-29-17-34(64-32(29)21-63-68(56,57)66-69(58,59)65-67(53,54)55)40-14-13-33(39-37(40)46)38-36(45)25-15-30(60-18-22-7-1-4-10-26(22)41(47)48)35(62-20-24-9-3-6-12-28(24)43(51)52)31(16-25)61-19-23-8-2-5-11-27(23)42(49)50/h1-16,29,32,34,44H,17-21H2,(H,56,57)(H,58,59)(H2,53,54,55)(H,38,39,45,46)/t29?,32-,34-/m1/s1. The summed E-state index contributed by atoms with van der Waals surface area (Å²) in [7, 11) is -17.1. The number of carbonyl (C=O) groups is 1. The van der Waals surface area contributed by atoms with Crippen molar-refractivity contribution in [2.24, 2.45) is 0 Å². The fourth-order valence-corrected chi connectivity index (χ4v) is 9.39. The first kappa shape index (κ1) is 51.5. The highest BCUT2D eigenvalue weighted by atomic mass is 31.3. The minimum absolute atomic E-state index is 0.0681. The zero-order valence-corrected chi connectivity index (χ0v) is 37.4. The van der Waals surface area contributed by atoms with Crippen LogP contribution in [-0.2, 0) is 51.4 Å². The van der Waals surface area contributed by atoms with Crippen molar-refractivity contribution in [3.05, 3.63) is 160 Å². The van der Waals surface area contributed by atoms with Gasteiger partial charge in [-0.2, -0.15) is 13.6 Å². The Balaban J connectivity index is 1.28. The Bertz CT molecular complexity index is 2900. The second-order valence-electron chi connectivity index (χ2n) is 14.1. The molecule has 32 heteroatoms. The van der Waals surface area contributed by atoms with Crippen LogP contribution in [0.2, 0.25) is 0 Å². The van der Waals surface area contributed by atoms with E-state index in [2.05, 4.69) is 23.4 Å². The molecule has 0 saturated carbocycles. The number of aliphatic hydroxyl groups is 1. The van der Waals surface area contributed by atoms with E-state index < -0.39 is 94.7 Å². The number of phosphoric acid groups is 3. The Morgan fingerprint density at radius 2 is 1.22 bits per heavy atom. The highest BCUT2D eigenvalue weighted by Crippen LogP contribution is 2.66. The summed E-state index contributed by atoms with van der Waals surface area (Å²) in [4.78, 5) is 101. The molecule has 1 aliphatic rings. The molecule has 1 saturated heterocycles. The van der Waals surface area contributed by atoms with Gasteiger partial charge in [0.1, 0.15) is 38.0 Å². The summed E-state index contributed by atoms with van der Waals surface area (Å²) >= 11 is 0. The first-order chi connectivity index (χ1) is 32.5. The van der Waals surface area contributed by atoms with Gasteiger partial charge in [0.2, 0.25) is 5.75 Å². The lowest BCUT2D eigenvalue weighted by molar-refractivity contribution is -0.386. The van der Waals surface area contributed by atoms with Crippen molar-refractivity contribution in [3.8, 4) is 17.2 Å². The van der Waals surface area contributed by atoms with Gasteiger partial charge in [-0.15, -0.1) is 0 Å². The normalized spacial score (nSPS) is 17.5. The molecule has 69 heavy (non-hydrogen) atoms. The number of phosphoric ester groups is 1. The van der Waals surface area contributed by atoms with Crippen LogP contribution in [0.4, 0.5) is 22.9 Å². The number of para-hydroxylation sites is 3. The lowest BCUT2D eigenvalue weighted by Gasteiger charge is -2.19. The number of benzene rings is 4. The summed E-state index contributed by atoms with van der Waals surface area (Å²) in [6.45, 7) is -2.55. The Labute approximate surface area is 385 Å². The molecule has 3 unspecified atom stereocenters. The van der Waals surface area contributed by atoms with E-state index in [0.717, 1.165) is 29.0 Å². The number of anilines is 1. The van der Waals surface area contributed by atoms with Crippen LogP contribution in [0.15, 0.2) is 102 Å². The van der Waals surface area contributed by atoms with Gasteiger partial charge < -0.3 is 48.9 Å². The monoisotopic (exact) mass is 1020 g/mol. The van der Waals surface area contributed by atoms with E-state index in [9.17, 15) is 68.5 Å². The summed E-state index contributed by atoms with van der Waals surface area (Å²) in [5.41, 5.74) is -2.16. The molecular weight excluding hydrogens is 989 g/mol. The summed E-state index contributed by atoms with van der Waals surface area (Å²) in [6, 6.07) is 20.0. The quantitative estimate of drug-likeness (QED) is 0.0303. The Hall–Kier alpha value is -6.84. The highest BCUT2D eigenvalue weighted by molar-refractivity contribution is 7.66. The topological polar surface area (TPSA) is 410 Å². The first-order valence-corrected chi connectivity index (χ1v) is 23.8. The summed E-state index contributed by atoms with van der Waals surface area (Å²) < 4.78 is 70.9. The van der Waals surface area contributed by atoms with E-state index in [4.69, 9.17) is 28.7 Å². The molecule has 4 aromatic carbocycles. The van der Waals surface area contributed by atoms with Gasteiger partial charge in [0.05, 0.1) is 44.2 Å². The van der Waals surface area contributed by atoms with E-state index in [1.165, 1.54) is 72.8 Å². The SMILES string of the molecule is O=C(Nc1ccn([C@H]2CC(O)[C@@H](COP(=O)(O)OP(=O)(O)OP(=O)(O)O)O2)c(=O)n1)c1cc(OCc2ccccc2[N+](=O)[O-])c(OCc2ccccc2[N+](=O)[O-])c(OCc2ccccc2[N+](=O)[O-])c1. The molecule has 6 rings (SSSR count). The van der Waals surface area contributed by atoms with Crippen LogP contribution in [0.5, 0.6) is 17.2 Å². The van der Waals surface area contributed by atoms with Crippen LogP contribution >= 0.6 is 23.5 Å². The molecule has 29 nitrogen and oxygen atoms in total. The van der Waals surface area contributed by atoms with Crippen LogP contribution < -0.4 is 25.2 Å². The number of aromatic nitrogens is 2. The number of hydrogen-bond donors (Lipinski definition) is 6. The number of amides is 1. The predicted octanol–water partition coefficient (Wildman–Crippen LogP) is 4.95. The molecular formula is C37H35N6O23P3. The van der Waals surface area contributed by atoms with Gasteiger partial charge in [0.25, 0.3) is 23.0 Å². The van der Waals surface area contributed by atoms with Crippen molar-refractivity contribution in [2.45, 2.75) is 44.7 Å². The average Bonchev–Trinajstić information content (AvgIpc) is 3.64. The van der Waals surface area contributed by atoms with Gasteiger partial charge >= 0.3 is 29.2 Å². The van der Waals surface area contributed by atoms with Crippen LogP contribution in [-0.4, -0.2) is 73.7 Å². The maximum Gasteiger partial charge on any atom is 0.490 e. The number of nitrogens with zero attached hydrogens (tertiary/aromatic N) is 5. The lowest BCUT2D eigenvalue weighted by atomic mass is 10.1. The van der Waals surface area contributed by atoms with Crippen LogP contribution in [0.25, 0.3) is 0 Å². The van der Waals surface area contributed by atoms with Gasteiger partial charge in [-0.1, -0.05) is 36.4 Å². The van der Waals surface area contributed by atoms with E-state index in [0.29, 0.717) is 0 Å². The van der Waals surface area contributed by atoms with Crippen molar-refractivity contribution in [1.82, 2.24) is 9.55 Å². The average molecular weight is 1020 g/mol. The number of ether oxygens (including phenoxy) is 4. The maximum atomic E-state index is 13.9. The van der Waals surface area contributed by atoms with Crippen molar-refractivity contribution in [3.63, 3.8) is 0 Å². The molecule has 1 amide bonds.